The zero-order chi connectivity index (χ0) is 18.8. The van der Waals surface area contributed by atoms with Crippen molar-refractivity contribution in [2.75, 3.05) is 20.3 Å². The number of methoxy groups -OCH3 is 1. The second kappa shape index (κ2) is 7.27. The monoisotopic (exact) mass is 362 g/mol. The molecule has 0 aliphatic carbocycles. The third-order valence-corrected chi connectivity index (χ3v) is 4.96. The number of H-pyrrole nitrogens is 1. The summed E-state index contributed by atoms with van der Waals surface area (Å²) in [5, 5.41) is 1.14. The second-order valence-corrected chi connectivity index (χ2v) is 6.54. The Morgan fingerprint density at radius 3 is 2.70 bits per heavy atom. The SMILES string of the molecule is CCOC(=O)C1C=NCCc2c1[nH]c1ccc(-c3ccc(OC)cc3)cc21. The Bertz CT molecular complexity index is 1000. The van der Waals surface area contributed by atoms with Gasteiger partial charge in [0.05, 0.1) is 13.7 Å². The average Bonchev–Trinajstić information content (AvgIpc) is 2.92. The fourth-order valence-corrected chi connectivity index (χ4v) is 3.61. The molecular weight excluding hydrogens is 340 g/mol. The minimum absolute atomic E-state index is 0.258. The molecule has 1 aliphatic heterocycles. The van der Waals surface area contributed by atoms with Gasteiger partial charge < -0.3 is 14.5 Å². The minimum atomic E-state index is -0.473. The Morgan fingerprint density at radius 2 is 1.96 bits per heavy atom. The Hall–Kier alpha value is -3.08. The highest BCUT2D eigenvalue weighted by Crippen LogP contribution is 2.33. The van der Waals surface area contributed by atoms with E-state index in [1.807, 2.05) is 19.1 Å². The zero-order valence-electron chi connectivity index (χ0n) is 15.5. The molecule has 1 atom stereocenters. The summed E-state index contributed by atoms with van der Waals surface area (Å²) >= 11 is 0. The number of fused-ring (bicyclic) bond motifs is 3. The lowest BCUT2D eigenvalue weighted by Gasteiger charge is -2.10. The summed E-state index contributed by atoms with van der Waals surface area (Å²) in [7, 11) is 1.66. The van der Waals surface area contributed by atoms with Gasteiger partial charge in [-0.2, -0.15) is 0 Å². The maximum absolute atomic E-state index is 12.4. The topological polar surface area (TPSA) is 63.7 Å². The van der Waals surface area contributed by atoms with E-state index < -0.39 is 5.92 Å². The molecule has 1 aromatic heterocycles. The molecule has 0 fully saturated rings. The molecule has 0 saturated carbocycles. The molecule has 1 aliphatic rings. The van der Waals surface area contributed by atoms with Crippen LogP contribution in [0.15, 0.2) is 47.5 Å². The number of hydrogen-bond donors (Lipinski definition) is 1. The van der Waals surface area contributed by atoms with Crippen LogP contribution in [-0.4, -0.2) is 37.4 Å². The van der Waals surface area contributed by atoms with Crippen LogP contribution in [0.25, 0.3) is 22.0 Å². The van der Waals surface area contributed by atoms with Crippen molar-refractivity contribution in [1.29, 1.82) is 0 Å². The molecule has 2 heterocycles. The van der Waals surface area contributed by atoms with Crippen molar-refractivity contribution < 1.29 is 14.3 Å². The number of aliphatic imine (C=N–C) groups is 1. The van der Waals surface area contributed by atoms with Crippen LogP contribution in [0.5, 0.6) is 5.75 Å². The van der Waals surface area contributed by atoms with Crippen molar-refractivity contribution in [3.8, 4) is 16.9 Å². The molecule has 0 amide bonds. The van der Waals surface area contributed by atoms with Crippen molar-refractivity contribution >= 4 is 23.1 Å². The molecule has 5 heteroatoms. The number of nitrogens with zero attached hydrogens (tertiary/aromatic N) is 1. The van der Waals surface area contributed by atoms with Crippen LogP contribution in [0.1, 0.15) is 24.1 Å². The summed E-state index contributed by atoms with van der Waals surface area (Å²) in [6.07, 6.45) is 2.51. The molecule has 5 nitrogen and oxygen atoms in total. The van der Waals surface area contributed by atoms with Gasteiger partial charge >= 0.3 is 5.97 Å². The highest BCUT2D eigenvalue weighted by atomic mass is 16.5. The van der Waals surface area contributed by atoms with E-state index in [0.717, 1.165) is 45.5 Å². The number of nitrogens with one attached hydrogen (secondary N) is 1. The summed E-state index contributed by atoms with van der Waals surface area (Å²) in [5.41, 5.74) is 5.33. The maximum atomic E-state index is 12.4. The Balaban J connectivity index is 1.78. The largest absolute Gasteiger partial charge is 0.497 e. The lowest BCUT2D eigenvalue weighted by molar-refractivity contribution is -0.143. The normalized spacial score (nSPS) is 16.0. The van der Waals surface area contributed by atoms with E-state index in [1.54, 1.807) is 13.3 Å². The first-order chi connectivity index (χ1) is 13.2. The first kappa shape index (κ1) is 17.3. The smallest absolute Gasteiger partial charge is 0.320 e. The van der Waals surface area contributed by atoms with E-state index in [0.29, 0.717) is 13.2 Å². The minimum Gasteiger partial charge on any atom is -0.497 e. The van der Waals surface area contributed by atoms with E-state index in [2.05, 4.69) is 40.3 Å². The number of aromatic amines is 1. The lowest BCUT2D eigenvalue weighted by atomic mass is 9.98. The standard InChI is InChI=1S/C22H22N2O3/c1-3-27-22(25)19-13-23-11-10-17-18-12-15(6-9-20(18)24-21(17)19)14-4-7-16(26-2)8-5-14/h4-9,12-13,19,24H,3,10-11H2,1-2H3. The van der Waals surface area contributed by atoms with Gasteiger partial charge in [-0.1, -0.05) is 18.2 Å². The number of aromatic nitrogens is 1. The zero-order valence-corrected chi connectivity index (χ0v) is 15.5. The fraction of sp³-hybridized carbons (Fsp3) is 0.273. The predicted molar refractivity (Wildman–Crippen MR) is 107 cm³/mol. The van der Waals surface area contributed by atoms with Gasteiger partial charge in [-0.25, -0.2) is 0 Å². The van der Waals surface area contributed by atoms with Gasteiger partial charge in [-0.3, -0.25) is 9.79 Å². The highest BCUT2D eigenvalue weighted by molar-refractivity contribution is 5.99. The van der Waals surface area contributed by atoms with Gasteiger partial charge in [0.15, 0.2) is 0 Å². The Labute approximate surface area is 158 Å². The highest BCUT2D eigenvalue weighted by Gasteiger charge is 2.27. The summed E-state index contributed by atoms with van der Waals surface area (Å²) < 4.78 is 10.5. The van der Waals surface area contributed by atoms with Gasteiger partial charge in [0.25, 0.3) is 0 Å². The van der Waals surface area contributed by atoms with Gasteiger partial charge in [0, 0.05) is 29.4 Å². The molecule has 0 bridgehead atoms. The van der Waals surface area contributed by atoms with Crippen LogP contribution < -0.4 is 4.74 Å². The van der Waals surface area contributed by atoms with E-state index in [9.17, 15) is 4.79 Å². The predicted octanol–water partition coefficient (Wildman–Crippen LogP) is 4.12. The number of carbonyl (C=O) groups is 1. The molecule has 0 spiro atoms. The molecule has 1 unspecified atom stereocenters. The number of hydrogen-bond acceptors (Lipinski definition) is 4. The van der Waals surface area contributed by atoms with Gasteiger partial charge in [0.2, 0.25) is 0 Å². The van der Waals surface area contributed by atoms with Gasteiger partial charge in [-0.15, -0.1) is 0 Å². The molecule has 4 rings (SSSR count). The van der Waals surface area contributed by atoms with Crippen molar-refractivity contribution in [2.24, 2.45) is 4.99 Å². The van der Waals surface area contributed by atoms with Gasteiger partial charge in [0.1, 0.15) is 11.7 Å². The second-order valence-electron chi connectivity index (χ2n) is 6.54. The third kappa shape index (κ3) is 3.21. The van der Waals surface area contributed by atoms with Crippen molar-refractivity contribution in [3.05, 3.63) is 53.7 Å². The van der Waals surface area contributed by atoms with Crippen LogP contribution in [0, 0.1) is 0 Å². The molecule has 27 heavy (non-hydrogen) atoms. The number of benzene rings is 2. The van der Waals surface area contributed by atoms with Crippen molar-refractivity contribution in [3.63, 3.8) is 0 Å². The summed E-state index contributed by atoms with van der Waals surface area (Å²) in [6.45, 7) is 2.85. The Kier molecular flexibility index (Phi) is 4.67. The van der Waals surface area contributed by atoms with E-state index in [-0.39, 0.29) is 5.97 Å². The molecule has 3 aromatic rings. The van der Waals surface area contributed by atoms with Crippen LogP contribution in [-0.2, 0) is 16.0 Å². The van der Waals surface area contributed by atoms with Crippen molar-refractivity contribution in [1.82, 2.24) is 4.98 Å². The Morgan fingerprint density at radius 1 is 1.19 bits per heavy atom. The number of ether oxygens (including phenoxy) is 2. The van der Waals surface area contributed by atoms with Crippen LogP contribution in [0.3, 0.4) is 0 Å². The lowest BCUT2D eigenvalue weighted by Crippen LogP contribution is -2.18. The first-order valence-electron chi connectivity index (χ1n) is 9.16. The summed E-state index contributed by atoms with van der Waals surface area (Å²) in [5.74, 6) is 0.107. The van der Waals surface area contributed by atoms with Crippen molar-refractivity contribution in [2.45, 2.75) is 19.3 Å². The number of carbonyl (C=O) groups excluding carboxylic acids is 1. The fourth-order valence-electron chi connectivity index (χ4n) is 3.61. The molecule has 1 N–H and O–H groups in total. The quantitative estimate of drug-likeness (QED) is 0.710. The summed E-state index contributed by atoms with van der Waals surface area (Å²) in [6, 6.07) is 14.4. The third-order valence-electron chi connectivity index (χ3n) is 4.96. The maximum Gasteiger partial charge on any atom is 0.320 e. The van der Waals surface area contributed by atoms with Gasteiger partial charge in [-0.05, 0) is 54.3 Å². The van der Waals surface area contributed by atoms with Crippen LogP contribution >= 0.6 is 0 Å². The number of esters is 1. The van der Waals surface area contributed by atoms with E-state index >= 15 is 0 Å². The van der Waals surface area contributed by atoms with E-state index in [1.165, 1.54) is 0 Å². The molecule has 0 saturated heterocycles. The average molecular weight is 362 g/mol. The molecular formula is C22H22N2O3. The number of rotatable bonds is 4. The molecule has 0 radical (unpaired) electrons. The first-order valence-corrected chi connectivity index (χ1v) is 9.16. The van der Waals surface area contributed by atoms with Crippen LogP contribution in [0.2, 0.25) is 0 Å². The summed E-state index contributed by atoms with van der Waals surface area (Å²) in [4.78, 5) is 20.2. The van der Waals surface area contributed by atoms with Crippen LogP contribution in [0.4, 0.5) is 0 Å². The molecule has 138 valence electrons. The van der Waals surface area contributed by atoms with E-state index in [4.69, 9.17) is 9.47 Å². The molecule has 2 aromatic carbocycles.